The Morgan fingerprint density at radius 1 is 1.25 bits per heavy atom. The van der Waals surface area contributed by atoms with Gasteiger partial charge in [0.1, 0.15) is 0 Å². The Balaban J connectivity index is 1.72. The number of hydrogen-bond donors (Lipinski definition) is 1. The van der Waals surface area contributed by atoms with E-state index in [1.165, 1.54) is 32.1 Å². The molecule has 2 nitrogen and oxygen atoms in total. The second-order valence-corrected chi connectivity index (χ2v) is 6.66. The zero-order chi connectivity index (χ0) is 13.9. The number of nitrogens with one attached hydrogen (secondary N) is 1. The highest BCUT2D eigenvalue weighted by Gasteiger charge is 2.21. The average Bonchev–Trinajstić information content (AvgIpc) is 2.48. The van der Waals surface area contributed by atoms with Crippen LogP contribution < -0.4 is 5.32 Å². The van der Waals surface area contributed by atoms with Gasteiger partial charge in [0.2, 0.25) is 0 Å². The van der Waals surface area contributed by atoms with Crippen LogP contribution in [0.1, 0.15) is 65.4 Å². The van der Waals surface area contributed by atoms with Gasteiger partial charge < -0.3 is 5.32 Å². The van der Waals surface area contributed by atoms with E-state index in [1.54, 1.807) is 0 Å². The summed E-state index contributed by atoms with van der Waals surface area (Å²) in [6, 6.07) is 6.20. The molecule has 1 aliphatic heterocycles. The molecule has 1 aromatic rings. The molecule has 108 valence electrons. The molecule has 0 spiro atoms. The third-order valence-corrected chi connectivity index (χ3v) is 5.12. The molecule has 20 heavy (non-hydrogen) atoms. The lowest BCUT2D eigenvalue weighted by Gasteiger charge is -2.24. The maximum Gasteiger partial charge on any atom is 0.251 e. The Morgan fingerprint density at radius 2 is 2.05 bits per heavy atom. The van der Waals surface area contributed by atoms with Gasteiger partial charge in [-0.25, -0.2) is 0 Å². The Labute approximate surface area is 125 Å². The topological polar surface area (TPSA) is 29.1 Å². The van der Waals surface area contributed by atoms with E-state index in [9.17, 15) is 4.79 Å². The van der Waals surface area contributed by atoms with Crippen molar-refractivity contribution in [1.29, 1.82) is 0 Å². The Kier molecular flexibility index (Phi) is 4.30. The first-order valence-corrected chi connectivity index (χ1v) is 8.23. The van der Waals surface area contributed by atoms with Crippen molar-refractivity contribution in [2.45, 2.75) is 50.3 Å². The van der Waals surface area contributed by atoms with Crippen molar-refractivity contribution in [3.63, 3.8) is 0 Å². The summed E-state index contributed by atoms with van der Waals surface area (Å²) in [5.41, 5.74) is 3.08. The molecule has 0 saturated heterocycles. The molecule has 0 bridgehead atoms. The number of amides is 1. The van der Waals surface area contributed by atoms with Gasteiger partial charge in [-0.15, -0.1) is 11.6 Å². The summed E-state index contributed by atoms with van der Waals surface area (Å²) in [6.07, 6.45) is 8.67. The lowest BCUT2D eigenvalue weighted by atomic mass is 9.84. The summed E-state index contributed by atoms with van der Waals surface area (Å²) in [5, 5.41) is 2.94. The van der Waals surface area contributed by atoms with Crippen molar-refractivity contribution >= 4 is 17.5 Å². The predicted octanol–water partition coefficient (Wildman–Crippen LogP) is 4.22. The van der Waals surface area contributed by atoms with Crippen LogP contribution in [0, 0.1) is 5.92 Å². The second kappa shape index (κ2) is 6.17. The molecular weight excluding hydrogens is 270 g/mol. The van der Waals surface area contributed by atoms with Crippen LogP contribution in [0.2, 0.25) is 0 Å². The van der Waals surface area contributed by atoms with E-state index in [1.807, 2.05) is 6.07 Å². The second-order valence-electron chi connectivity index (χ2n) is 6.13. The highest BCUT2D eigenvalue weighted by molar-refractivity contribution is 6.20. The van der Waals surface area contributed by atoms with E-state index < -0.39 is 0 Å². The summed E-state index contributed by atoms with van der Waals surface area (Å²) in [5.74, 6) is 0.811. The fourth-order valence-electron chi connectivity index (χ4n) is 3.48. The van der Waals surface area contributed by atoms with Gasteiger partial charge in [0.05, 0.1) is 5.38 Å². The lowest BCUT2D eigenvalue weighted by Crippen LogP contribution is -2.31. The van der Waals surface area contributed by atoms with Crippen molar-refractivity contribution in [3.05, 3.63) is 34.9 Å². The van der Waals surface area contributed by atoms with Gasteiger partial charge >= 0.3 is 0 Å². The van der Waals surface area contributed by atoms with Gasteiger partial charge in [0, 0.05) is 12.1 Å². The first-order valence-electron chi connectivity index (χ1n) is 7.79. The first-order chi connectivity index (χ1) is 9.74. The third kappa shape index (κ3) is 3.01. The van der Waals surface area contributed by atoms with E-state index in [4.69, 9.17) is 11.6 Å². The van der Waals surface area contributed by atoms with Crippen molar-refractivity contribution in [3.8, 4) is 0 Å². The first kappa shape index (κ1) is 13.9. The van der Waals surface area contributed by atoms with Gasteiger partial charge in [-0.2, -0.15) is 0 Å². The molecule has 1 atom stereocenters. The van der Waals surface area contributed by atoms with Gasteiger partial charge in [-0.05, 0) is 36.0 Å². The molecule has 1 heterocycles. The predicted molar refractivity (Wildman–Crippen MR) is 82.3 cm³/mol. The maximum absolute atomic E-state index is 11.9. The van der Waals surface area contributed by atoms with Crippen molar-refractivity contribution < 1.29 is 4.79 Å². The number of alkyl halides is 1. The van der Waals surface area contributed by atoms with Crippen LogP contribution in [-0.4, -0.2) is 12.5 Å². The summed E-state index contributed by atoms with van der Waals surface area (Å²) >= 11 is 6.60. The number of rotatable bonds is 3. The van der Waals surface area contributed by atoms with Crippen LogP contribution in [0.4, 0.5) is 0 Å². The summed E-state index contributed by atoms with van der Waals surface area (Å²) in [7, 11) is 0. The van der Waals surface area contributed by atoms with Crippen LogP contribution in [0.25, 0.3) is 0 Å². The quantitative estimate of drug-likeness (QED) is 0.830. The third-order valence-electron chi connectivity index (χ3n) is 4.69. The summed E-state index contributed by atoms with van der Waals surface area (Å²) < 4.78 is 0. The zero-order valence-corrected chi connectivity index (χ0v) is 12.6. The molecule has 1 N–H and O–H groups in total. The summed E-state index contributed by atoms with van der Waals surface area (Å²) in [4.78, 5) is 11.9. The molecule has 1 unspecified atom stereocenters. The number of carbonyl (C=O) groups is 1. The molecule has 3 rings (SSSR count). The molecule has 0 aromatic heterocycles. The van der Waals surface area contributed by atoms with Crippen LogP contribution in [0.3, 0.4) is 0 Å². The number of halogens is 1. The Bertz CT molecular complexity index is 494. The van der Waals surface area contributed by atoms with Crippen LogP contribution in [-0.2, 0) is 6.42 Å². The molecular formula is C17H22ClNO. The fourth-order valence-corrected chi connectivity index (χ4v) is 3.86. The van der Waals surface area contributed by atoms with Crippen molar-refractivity contribution in [2.75, 3.05) is 6.54 Å². The Hall–Kier alpha value is -1.02. The van der Waals surface area contributed by atoms with Gasteiger partial charge in [-0.3, -0.25) is 4.79 Å². The van der Waals surface area contributed by atoms with Crippen molar-refractivity contribution in [2.24, 2.45) is 5.92 Å². The molecule has 1 saturated carbocycles. The van der Waals surface area contributed by atoms with Gasteiger partial charge in [-0.1, -0.05) is 44.2 Å². The average molecular weight is 292 g/mol. The van der Waals surface area contributed by atoms with E-state index in [0.29, 0.717) is 0 Å². The minimum absolute atomic E-state index is 0.0399. The van der Waals surface area contributed by atoms with Crippen LogP contribution >= 0.6 is 11.6 Å². The van der Waals surface area contributed by atoms with Crippen LogP contribution in [0.15, 0.2) is 18.2 Å². The largest absolute Gasteiger partial charge is 0.352 e. The number of fused-ring (bicyclic) bond motifs is 1. The van der Waals surface area contributed by atoms with Gasteiger partial charge in [0.15, 0.2) is 0 Å². The smallest absolute Gasteiger partial charge is 0.251 e. The summed E-state index contributed by atoms with van der Waals surface area (Å²) in [6.45, 7) is 0.748. The minimum Gasteiger partial charge on any atom is -0.352 e. The monoisotopic (exact) mass is 291 g/mol. The van der Waals surface area contributed by atoms with Crippen molar-refractivity contribution in [1.82, 2.24) is 5.32 Å². The minimum atomic E-state index is 0.0399. The number of hydrogen-bond acceptors (Lipinski definition) is 1. The number of benzene rings is 1. The molecule has 2 aliphatic rings. The molecule has 3 heteroatoms. The molecule has 1 fully saturated rings. The highest BCUT2D eigenvalue weighted by Crippen LogP contribution is 2.35. The lowest BCUT2D eigenvalue weighted by molar-refractivity contribution is 0.0946. The maximum atomic E-state index is 11.9. The van der Waals surface area contributed by atoms with Crippen LogP contribution in [0.5, 0.6) is 0 Å². The SMILES string of the molecule is O=C1NCCc2ccc(C(Cl)CC3CCCCC3)cc21. The molecule has 1 aromatic carbocycles. The zero-order valence-electron chi connectivity index (χ0n) is 11.8. The normalized spacial score (nSPS) is 21.1. The van der Waals surface area contributed by atoms with Gasteiger partial charge in [0.25, 0.3) is 5.91 Å². The molecule has 1 amide bonds. The van der Waals surface area contributed by atoms with E-state index in [2.05, 4.69) is 17.4 Å². The molecule has 0 radical (unpaired) electrons. The Morgan fingerprint density at radius 3 is 2.85 bits per heavy atom. The molecule has 1 aliphatic carbocycles. The standard InChI is InChI=1S/C17H22ClNO/c18-16(10-12-4-2-1-3-5-12)14-7-6-13-8-9-19-17(20)15(13)11-14/h6-7,11-12,16H,1-5,8-10H2,(H,19,20). The van der Waals surface area contributed by atoms with E-state index in [0.717, 1.165) is 42.0 Å². The fraction of sp³-hybridized carbons (Fsp3) is 0.588. The highest BCUT2D eigenvalue weighted by atomic mass is 35.5. The van der Waals surface area contributed by atoms with E-state index >= 15 is 0 Å². The van der Waals surface area contributed by atoms with E-state index in [-0.39, 0.29) is 11.3 Å². The number of carbonyl (C=O) groups excluding carboxylic acids is 1.